The third-order valence-electron chi connectivity index (χ3n) is 4.61. The number of esters is 1. The molecular weight excluding hydrogens is 380 g/mol. The predicted octanol–water partition coefficient (Wildman–Crippen LogP) is 4.03. The molecular formula is C23H26N4O3. The van der Waals surface area contributed by atoms with Gasteiger partial charge in [0.2, 0.25) is 0 Å². The second kappa shape index (κ2) is 9.82. The number of aromatic nitrogens is 4. The number of rotatable bonds is 8. The number of ether oxygens (including phenoxy) is 2. The van der Waals surface area contributed by atoms with Crippen molar-refractivity contribution >= 4 is 17.7 Å². The van der Waals surface area contributed by atoms with Crippen LogP contribution in [0.1, 0.15) is 42.3 Å². The average Bonchev–Trinajstić information content (AvgIpc) is 3.15. The van der Waals surface area contributed by atoms with E-state index in [0.29, 0.717) is 11.7 Å². The predicted molar refractivity (Wildman–Crippen MR) is 115 cm³/mol. The van der Waals surface area contributed by atoms with Crippen molar-refractivity contribution in [3.63, 3.8) is 0 Å². The monoisotopic (exact) mass is 406 g/mol. The molecule has 0 radical (unpaired) electrons. The molecule has 3 rings (SSSR count). The van der Waals surface area contributed by atoms with E-state index in [-0.39, 0.29) is 18.9 Å². The third kappa shape index (κ3) is 5.31. The number of carbonyl (C=O) groups is 1. The van der Waals surface area contributed by atoms with Gasteiger partial charge < -0.3 is 9.47 Å². The number of benzene rings is 2. The lowest BCUT2D eigenvalue weighted by Gasteiger charge is -2.13. The van der Waals surface area contributed by atoms with E-state index >= 15 is 0 Å². The molecule has 0 aliphatic rings. The van der Waals surface area contributed by atoms with Gasteiger partial charge in [-0.15, -0.1) is 5.10 Å². The number of carbonyl (C=O) groups excluding carboxylic acids is 1. The van der Waals surface area contributed by atoms with Gasteiger partial charge >= 0.3 is 5.97 Å². The second-order valence-electron chi connectivity index (χ2n) is 7.24. The Bertz CT molecular complexity index is 1030. The van der Waals surface area contributed by atoms with Gasteiger partial charge in [-0.2, -0.15) is 4.68 Å². The van der Waals surface area contributed by atoms with Crippen LogP contribution in [0.25, 0.3) is 11.8 Å². The van der Waals surface area contributed by atoms with E-state index in [4.69, 9.17) is 9.47 Å². The first-order valence-electron chi connectivity index (χ1n) is 9.88. The lowest BCUT2D eigenvalue weighted by molar-refractivity contribution is -0.137. The van der Waals surface area contributed by atoms with Crippen molar-refractivity contribution in [3.05, 3.63) is 71.0 Å². The van der Waals surface area contributed by atoms with Crippen LogP contribution in [-0.2, 0) is 9.53 Å². The van der Waals surface area contributed by atoms with Crippen molar-refractivity contribution in [1.29, 1.82) is 0 Å². The molecule has 0 aliphatic carbocycles. The standard InChI is InChI=1S/C23H26N4O3/c1-16(2)21-11-10-20(14-17(21)3)29-12-13-30-23(28)22(27-18(4)24-25-26-27)15-19-8-6-5-7-9-19/h5-11,14-16H,12-13H2,1-4H3/b22-15-. The van der Waals surface area contributed by atoms with E-state index in [9.17, 15) is 4.79 Å². The first kappa shape index (κ1) is 21.2. The lowest BCUT2D eigenvalue weighted by Crippen LogP contribution is -2.18. The Hall–Kier alpha value is -3.48. The largest absolute Gasteiger partial charge is 0.490 e. The number of hydrogen-bond acceptors (Lipinski definition) is 6. The molecule has 0 unspecified atom stereocenters. The highest BCUT2D eigenvalue weighted by molar-refractivity contribution is 6.15. The van der Waals surface area contributed by atoms with Crippen LogP contribution in [0.2, 0.25) is 0 Å². The summed E-state index contributed by atoms with van der Waals surface area (Å²) in [6, 6.07) is 15.5. The molecule has 0 saturated heterocycles. The number of tetrazole rings is 1. The van der Waals surface area contributed by atoms with Gasteiger partial charge in [0.1, 0.15) is 19.0 Å². The molecule has 0 spiro atoms. The van der Waals surface area contributed by atoms with E-state index in [1.165, 1.54) is 15.8 Å². The van der Waals surface area contributed by atoms with Crippen molar-refractivity contribution in [2.75, 3.05) is 13.2 Å². The molecule has 0 amide bonds. The van der Waals surface area contributed by atoms with Crippen LogP contribution in [-0.4, -0.2) is 39.4 Å². The molecule has 0 atom stereocenters. The van der Waals surface area contributed by atoms with Gasteiger partial charge in [0.25, 0.3) is 0 Å². The maximum Gasteiger partial charge on any atom is 0.357 e. The van der Waals surface area contributed by atoms with Crippen LogP contribution in [0.3, 0.4) is 0 Å². The van der Waals surface area contributed by atoms with Gasteiger partial charge in [-0.05, 0) is 65.1 Å². The highest BCUT2D eigenvalue weighted by Gasteiger charge is 2.17. The maximum atomic E-state index is 12.7. The lowest BCUT2D eigenvalue weighted by atomic mass is 9.98. The Labute approximate surface area is 176 Å². The Kier molecular flexibility index (Phi) is 6.95. The first-order valence-corrected chi connectivity index (χ1v) is 9.88. The molecule has 30 heavy (non-hydrogen) atoms. The SMILES string of the molecule is Cc1cc(OCCOC(=O)/C(=C/c2ccccc2)n2nnnc2C)ccc1C(C)C. The topological polar surface area (TPSA) is 79.1 Å². The molecule has 7 heteroatoms. The summed E-state index contributed by atoms with van der Waals surface area (Å²) in [5.74, 6) is 1.18. The molecule has 1 heterocycles. The summed E-state index contributed by atoms with van der Waals surface area (Å²) in [4.78, 5) is 12.7. The van der Waals surface area contributed by atoms with Crippen molar-refractivity contribution in [3.8, 4) is 5.75 Å². The van der Waals surface area contributed by atoms with Crippen molar-refractivity contribution < 1.29 is 14.3 Å². The molecule has 0 aliphatic heterocycles. The molecule has 2 aromatic carbocycles. The average molecular weight is 406 g/mol. The first-order chi connectivity index (χ1) is 14.5. The number of aryl methyl sites for hydroxylation is 2. The summed E-state index contributed by atoms with van der Waals surface area (Å²) in [5.41, 5.74) is 3.56. The molecule has 0 N–H and O–H groups in total. The molecule has 0 fully saturated rings. The quantitative estimate of drug-likeness (QED) is 0.319. The van der Waals surface area contributed by atoms with Crippen LogP contribution >= 0.6 is 0 Å². The van der Waals surface area contributed by atoms with Crippen LogP contribution in [0, 0.1) is 13.8 Å². The Balaban J connectivity index is 1.63. The summed E-state index contributed by atoms with van der Waals surface area (Å²) in [5, 5.41) is 11.4. The maximum absolute atomic E-state index is 12.7. The smallest absolute Gasteiger partial charge is 0.357 e. The molecule has 3 aromatic rings. The number of nitrogens with zero attached hydrogens (tertiary/aromatic N) is 4. The zero-order valence-corrected chi connectivity index (χ0v) is 17.7. The summed E-state index contributed by atoms with van der Waals surface area (Å²) in [6.07, 6.45) is 1.69. The zero-order valence-electron chi connectivity index (χ0n) is 17.7. The summed E-state index contributed by atoms with van der Waals surface area (Å²) in [6.45, 7) is 8.47. The summed E-state index contributed by atoms with van der Waals surface area (Å²) < 4.78 is 12.5. The fourth-order valence-electron chi connectivity index (χ4n) is 3.12. The van der Waals surface area contributed by atoms with Crippen LogP contribution < -0.4 is 4.74 Å². The van der Waals surface area contributed by atoms with Gasteiger partial charge in [0.15, 0.2) is 11.5 Å². The van der Waals surface area contributed by atoms with E-state index in [1.54, 1.807) is 13.0 Å². The Morgan fingerprint density at radius 1 is 1.10 bits per heavy atom. The molecule has 156 valence electrons. The van der Waals surface area contributed by atoms with Crippen LogP contribution in [0.5, 0.6) is 5.75 Å². The van der Waals surface area contributed by atoms with E-state index < -0.39 is 5.97 Å². The van der Waals surface area contributed by atoms with Crippen LogP contribution in [0.4, 0.5) is 0 Å². The molecule has 1 aromatic heterocycles. The van der Waals surface area contributed by atoms with Crippen molar-refractivity contribution in [2.24, 2.45) is 0 Å². The Morgan fingerprint density at radius 3 is 2.50 bits per heavy atom. The summed E-state index contributed by atoms with van der Waals surface area (Å²) >= 11 is 0. The normalized spacial score (nSPS) is 11.6. The molecule has 0 bridgehead atoms. The minimum atomic E-state index is -0.524. The van der Waals surface area contributed by atoms with Crippen molar-refractivity contribution in [2.45, 2.75) is 33.6 Å². The van der Waals surface area contributed by atoms with Crippen molar-refractivity contribution in [1.82, 2.24) is 20.2 Å². The van der Waals surface area contributed by atoms with Crippen LogP contribution in [0.15, 0.2) is 48.5 Å². The van der Waals surface area contributed by atoms with Gasteiger partial charge in [-0.3, -0.25) is 0 Å². The van der Waals surface area contributed by atoms with E-state index in [1.807, 2.05) is 42.5 Å². The highest BCUT2D eigenvalue weighted by atomic mass is 16.6. The van der Waals surface area contributed by atoms with Gasteiger partial charge in [0, 0.05) is 0 Å². The zero-order chi connectivity index (χ0) is 21.5. The second-order valence-corrected chi connectivity index (χ2v) is 7.24. The van der Waals surface area contributed by atoms with Gasteiger partial charge in [-0.1, -0.05) is 50.2 Å². The highest BCUT2D eigenvalue weighted by Crippen LogP contribution is 2.23. The Morgan fingerprint density at radius 2 is 1.87 bits per heavy atom. The van der Waals surface area contributed by atoms with Gasteiger partial charge in [0.05, 0.1) is 0 Å². The minimum absolute atomic E-state index is 0.108. The molecule has 7 nitrogen and oxygen atoms in total. The minimum Gasteiger partial charge on any atom is -0.490 e. The summed E-state index contributed by atoms with van der Waals surface area (Å²) in [7, 11) is 0. The fourth-order valence-corrected chi connectivity index (χ4v) is 3.12. The van der Waals surface area contributed by atoms with E-state index in [0.717, 1.165) is 11.3 Å². The van der Waals surface area contributed by atoms with Gasteiger partial charge in [-0.25, -0.2) is 4.79 Å². The van der Waals surface area contributed by atoms with E-state index in [2.05, 4.69) is 42.4 Å². The molecule has 0 saturated carbocycles. The third-order valence-corrected chi connectivity index (χ3v) is 4.61. The fraction of sp³-hybridized carbons (Fsp3) is 0.304. The number of hydrogen-bond donors (Lipinski definition) is 0.